The molecule has 0 radical (unpaired) electrons. The molecule has 0 saturated heterocycles. The third kappa shape index (κ3) is 2.49. The van der Waals surface area contributed by atoms with E-state index in [0.29, 0.717) is 5.56 Å². The Bertz CT molecular complexity index is 725. The molecule has 0 saturated carbocycles. The fourth-order valence-electron chi connectivity index (χ4n) is 2.09. The van der Waals surface area contributed by atoms with E-state index in [1.54, 1.807) is 13.8 Å². The van der Waals surface area contributed by atoms with E-state index in [0.717, 1.165) is 23.5 Å². The summed E-state index contributed by atoms with van der Waals surface area (Å²) in [5.74, 6) is -5.68. The highest BCUT2D eigenvalue weighted by Crippen LogP contribution is 2.43. The lowest BCUT2D eigenvalue weighted by Gasteiger charge is -2.10. The molecular weight excluding hydrogens is 303 g/mol. The molecule has 112 valence electrons. The summed E-state index contributed by atoms with van der Waals surface area (Å²) >= 11 is 0.751. The molecule has 21 heavy (non-hydrogen) atoms. The third-order valence-corrected chi connectivity index (χ3v) is 4.28. The lowest BCUT2D eigenvalue weighted by Crippen LogP contribution is -2.01. The Morgan fingerprint density at radius 3 is 2.38 bits per heavy atom. The van der Waals surface area contributed by atoms with E-state index in [1.165, 1.54) is 0 Å². The highest BCUT2D eigenvalue weighted by molar-refractivity contribution is 7.18. The molecular formula is C14H12F3NO2S. The molecule has 0 aliphatic carbocycles. The minimum Gasteiger partial charge on any atom is -0.477 e. The second kappa shape index (κ2) is 5.40. The van der Waals surface area contributed by atoms with Crippen LogP contribution in [0.3, 0.4) is 0 Å². The molecule has 0 bridgehead atoms. The van der Waals surface area contributed by atoms with Gasteiger partial charge in [-0.05, 0) is 23.6 Å². The Kier molecular flexibility index (Phi) is 3.95. The molecule has 0 aliphatic heterocycles. The van der Waals surface area contributed by atoms with Gasteiger partial charge in [-0.25, -0.2) is 18.0 Å². The van der Waals surface area contributed by atoms with Crippen LogP contribution in [0, 0.1) is 17.5 Å². The van der Waals surface area contributed by atoms with Crippen LogP contribution in [0.5, 0.6) is 0 Å². The van der Waals surface area contributed by atoms with Crippen molar-refractivity contribution in [2.24, 2.45) is 0 Å². The molecule has 7 heteroatoms. The summed E-state index contributed by atoms with van der Waals surface area (Å²) in [6, 6.07) is 1.88. The molecule has 0 aliphatic rings. The number of carboxylic acids is 1. The van der Waals surface area contributed by atoms with Crippen LogP contribution >= 0.6 is 11.3 Å². The van der Waals surface area contributed by atoms with Crippen LogP contribution in [-0.4, -0.2) is 11.1 Å². The molecule has 1 aromatic carbocycles. The molecule has 3 N–H and O–H groups in total. The number of anilines is 1. The minimum absolute atomic E-state index is 0.0293. The van der Waals surface area contributed by atoms with Crippen molar-refractivity contribution in [3.05, 3.63) is 40.0 Å². The molecule has 1 aromatic heterocycles. The number of rotatable bonds is 3. The first kappa shape index (κ1) is 15.4. The molecule has 2 aromatic rings. The summed E-state index contributed by atoms with van der Waals surface area (Å²) < 4.78 is 40.3. The first-order valence-corrected chi connectivity index (χ1v) is 6.86. The fourth-order valence-corrected chi connectivity index (χ4v) is 3.32. The summed E-state index contributed by atoms with van der Waals surface area (Å²) in [5.41, 5.74) is 6.06. The van der Waals surface area contributed by atoms with Gasteiger partial charge in [0.1, 0.15) is 4.88 Å². The lowest BCUT2D eigenvalue weighted by molar-refractivity contribution is 0.0703. The minimum atomic E-state index is -1.59. The predicted octanol–water partition coefficient (Wildman–Crippen LogP) is 4.24. The molecule has 0 fully saturated rings. The number of hydrogen-bond donors (Lipinski definition) is 2. The highest BCUT2D eigenvalue weighted by Gasteiger charge is 2.26. The van der Waals surface area contributed by atoms with Gasteiger partial charge in [0.2, 0.25) is 0 Å². The smallest absolute Gasteiger partial charge is 0.348 e. The van der Waals surface area contributed by atoms with Gasteiger partial charge in [-0.3, -0.25) is 0 Å². The van der Waals surface area contributed by atoms with E-state index in [4.69, 9.17) is 10.8 Å². The Labute approximate surface area is 122 Å². The van der Waals surface area contributed by atoms with Gasteiger partial charge in [-0.15, -0.1) is 11.3 Å². The largest absolute Gasteiger partial charge is 0.477 e. The van der Waals surface area contributed by atoms with Gasteiger partial charge in [-0.2, -0.15) is 0 Å². The average molecular weight is 315 g/mol. The molecule has 0 atom stereocenters. The van der Waals surface area contributed by atoms with Crippen molar-refractivity contribution in [2.45, 2.75) is 19.8 Å². The van der Waals surface area contributed by atoms with Crippen LogP contribution in [0.4, 0.5) is 18.9 Å². The monoisotopic (exact) mass is 315 g/mol. The summed E-state index contributed by atoms with van der Waals surface area (Å²) in [6.45, 7) is 3.51. The second-order valence-electron chi connectivity index (χ2n) is 4.77. The summed E-state index contributed by atoms with van der Waals surface area (Å²) in [6.07, 6.45) is 0. The highest BCUT2D eigenvalue weighted by atomic mass is 32.1. The van der Waals surface area contributed by atoms with Gasteiger partial charge in [0.25, 0.3) is 0 Å². The zero-order chi connectivity index (χ0) is 15.9. The van der Waals surface area contributed by atoms with E-state index in [9.17, 15) is 18.0 Å². The van der Waals surface area contributed by atoms with Gasteiger partial charge >= 0.3 is 5.97 Å². The Balaban J connectivity index is 2.78. The number of benzene rings is 1. The SMILES string of the molecule is CC(C)c1c(-c2ccc(F)c(F)c2F)sc(C(=O)O)c1N. The number of hydrogen-bond acceptors (Lipinski definition) is 3. The van der Waals surface area contributed by atoms with E-state index >= 15 is 0 Å². The van der Waals surface area contributed by atoms with Crippen molar-refractivity contribution in [3.63, 3.8) is 0 Å². The zero-order valence-electron chi connectivity index (χ0n) is 11.2. The number of nitrogens with two attached hydrogens (primary N) is 1. The van der Waals surface area contributed by atoms with Crippen LogP contribution in [-0.2, 0) is 0 Å². The van der Waals surface area contributed by atoms with Gasteiger partial charge < -0.3 is 10.8 Å². The number of carbonyl (C=O) groups is 1. The lowest BCUT2D eigenvalue weighted by atomic mass is 9.98. The Morgan fingerprint density at radius 1 is 1.24 bits per heavy atom. The van der Waals surface area contributed by atoms with Crippen molar-refractivity contribution in [3.8, 4) is 10.4 Å². The first-order valence-electron chi connectivity index (χ1n) is 6.05. The van der Waals surface area contributed by atoms with E-state index in [2.05, 4.69) is 0 Å². The number of thiophene rings is 1. The maximum atomic E-state index is 13.9. The standard InChI is InChI=1S/C14H12F3NO2S/c1-5(2)8-11(18)13(14(19)20)21-12(8)6-3-4-7(15)10(17)9(6)16/h3-5H,18H2,1-2H3,(H,19,20). The van der Waals surface area contributed by atoms with Gasteiger partial charge in [0, 0.05) is 10.4 Å². The molecule has 3 nitrogen and oxygen atoms in total. The van der Waals surface area contributed by atoms with Crippen LogP contribution < -0.4 is 5.73 Å². The fraction of sp³-hybridized carbons (Fsp3) is 0.214. The predicted molar refractivity (Wildman–Crippen MR) is 75.1 cm³/mol. The number of halogens is 3. The molecule has 0 amide bonds. The van der Waals surface area contributed by atoms with Crippen LogP contribution in [0.25, 0.3) is 10.4 Å². The number of carboxylic acid groups (broad SMARTS) is 1. The van der Waals surface area contributed by atoms with Gasteiger partial charge in [-0.1, -0.05) is 13.8 Å². The van der Waals surface area contributed by atoms with Crippen molar-refractivity contribution >= 4 is 23.0 Å². The maximum absolute atomic E-state index is 13.9. The summed E-state index contributed by atoms with van der Waals surface area (Å²) in [7, 11) is 0. The number of nitrogen functional groups attached to an aromatic ring is 1. The normalized spacial score (nSPS) is 11.1. The van der Waals surface area contributed by atoms with Crippen molar-refractivity contribution in [1.29, 1.82) is 0 Å². The van der Waals surface area contributed by atoms with Crippen LogP contribution in [0.15, 0.2) is 12.1 Å². The van der Waals surface area contributed by atoms with E-state index in [-0.39, 0.29) is 26.9 Å². The third-order valence-electron chi connectivity index (χ3n) is 3.03. The average Bonchev–Trinajstić information content (AvgIpc) is 2.74. The van der Waals surface area contributed by atoms with Crippen LogP contribution in [0.1, 0.15) is 35.0 Å². The van der Waals surface area contributed by atoms with Gasteiger partial charge in [0.15, 0.2) is 17.5 Å². The van der Waals surface area contributed by atoms with E-state index < -0.39 is 23.4 Å². The summed E-state index contributed by atoms with van der Waals surface area (Å²) in [4.78, 5) is 11.2. The summed E-state index contributed by atoms with van der Waals surface area (Å²) in [5, 5.41) is 9.10. The second-order valence-corrected chi connectivity index (χ2v) is 5.79. The van der Waals surface area contributed by atoms with Crippen molar-refractivity contribution < 1.29 is 23.1 Å². The molecule has 0 unspecified atom stereocenters. The van der Waals surface area contributed by atoms with Crippen molar-refractivity contribution in [2.75, 3.05) is 5.73 Å². The van der Waals surface area contributed by atoms with E-state index in [1.807, 2.05) is 0 Å². The topological polar surface area (TPSA) is 63.3 Å². The quantitative estimate of drug-likeness (QED) is 0.833. The molecule has 1 heterocycles. The van der Waals surface area contributed by atoms with Crippen LogP contribution in [0.2, 0.25) is 0 Å². The molecule has 0 spiro atoms. The Hall–Kier alpha value is -2.02. The maximum Gasteiger partial charge on any atom is 0.348 e. The molecule has 2 rings (SSSR count). The van der Waals surface area contributed by atoms with Crippen molar-refractivity contribution in [1.82, 2.24) is 0 Å². The number of aromatic carboxylic acids is 1. The first-order chi connectivity index (χ1) is 9.75. The Morgan fingerprint density at radius 2 is 1.86 bits per heavy atom. The van der Waals surface area contributed by atoms with Gasteiger partial charge in [0.05, 0.1) is 5.69 Å². The zero-order valence-corrected chi connectivity index (χ0v) is 12.0.